The monoisotopic (exact) mass is 675 g/mol. The molecular formula is C31H30ClF4N7O4. The van der Waals surface area contributed by atoms with E-state index in [1.54, 1.807) is 17.0 Å². The van der Waals surface area contributed by atoms with Gasteiger partial charge in [-0.3, -0.25) is 29.2 Å². The van der Waals surface area contributed by atoms with E-state index in [0.717, 1.165) is 18.2 Å². The second kappa shape index (κ2) is 12.5. The van der Waals surface area contributed by atoms with Crippen molar-refractivity contribution in [1.82, 2.24) is 20.0 Å². The van der Waals surface area contributed by atoms with Crippen molar-refractivity contribution in [2.24, 2.45) is 0 Å². The molecule has 1 unspecified atom stereocenters. The highest BCUT2D eigenvalue weighted by Gasteiger charge is 2.47. The summed E-state index contributed by atoms with van der Waals surface area (Å²) in [5.41, 5.74) is -0.997. The second-order valence-corrected chi connectivity index (χ2v) is 12.2. The molecule has 3 N–H and O–H groups in total. The van der Waals surface area contributed by atoms with Crippen molar-refractivity contribution >= 4 is 52.3 Å². The number of benzene rings is 2. The Bertz CT molecular complexity index is 1730. The van der Waals surface area contributed by atoms with Gasteiger partial charge in [-0.25, -0.2) is 4.39 Å². The Morgan fingerprint density at radius 3 is 2.40 bits per heavy atom. The van der Waals surface area contributed by atoms with Crippen LogP contribution in [0.3, 0.4) is 0 Å². The first-order valence-corrected chi connectivity index (χ1v) is 15.4. The number of amides is 4. The number of hydrogen-bond acceptors (Lipinski definition) is 7. The standard InChI is InChI=1S/C31H30ClF4N7O4/c32-21-14-19(31(34,35)36)2-4-23(21)39-29(47)30(8-1-9-30)43-17-18(16-37-43)28(46)42-12-10-41(11-13-42)25-6-3-20(15-22(25)33)38-24-5-7-26(44)40-27(24)45/h2-4,6,14-17,24,38H,1,5,7-13H2,(H,39,47)(H,40,44,45). The Morgan fingerprint density at radius 2 is 1.79 bits per heavy atom. The fraction of sp³-hybridized carbons (Fsp3) is 0.387. The number of imide groups is 1. The molecule has 1 aromatic heterocycles. The quantitative estimate of drug-likeness (QED) is 0.250. The predicted molar refractivity (Wildman–Crippen MR) is 163 cm³/mol. The number of piperidine rings is 1. The van der Waals surface area contributed by atoms with Gasteiger partial charge in [-0.05, 0) is 62.1 Å². The number of alkyl halides is 3. The molecule has 0 radical (unpaired) electrons. The highest BCUT2D eigenvalue weighted by Crippen LogP contribution is 2.41. The summed E-state index contributed by atoms with van der Waals surface area (Å²) in [5.74, 6) is -2.09. The maximum atomic E-state index is 15.1. The van der Waals surface area contributed by atoms with Gasteiger partial charge >= 0.3 is 6.18 Å². The van der Waals surface area contributed by atoms with E-state index in [4.69, 9.17) is 11.6 Å². The number of anilines is 3. The van der Waals surface area contributed by atoms with Crippen LogP contribution in [0.15, 0.2) is 48.8 Å². The van der Waals surface area contributed by atoms with Crippen LogP contribution in [0.25, 0.3) is 0 Å². The minimum absolute atomic E-state index is 0.0360. The van der Waals surface area contributed by atoms with Gasteiger partial charge in [0.15, 0.2) is 0 Å². The Labute approximate surface area is 271 Å². The number of hydrogen-bond donors (Lipinski definition) is 3. The average molecular weight is 676 g/mol. The van der Waals surface area contributed by atoms with Gasteiger partial charge in [0, 0.05) is 44.5 Å². The van der Waals surface area contributed by atoms with Gasteiger partial charge in [0.2, 0.25) is 11.8 Å². The van der Waals surface area contributed by atoms with Gasteiger partial charge in [-0.15, -0.1) is 0 Å². The molecule has 2 saturated heterocycles. The summed E-state index contributed by atoms with van der Waals surface area (Å²) in [6.45, 7) is 1.32. The summed E-state index contributed by atoms with van der Waals surface area (Å²) in [6, 6.07) is 6.61. The van der Waals surface area contributed by atoms with Crippen LogP contribution in [0.1, 0.15) is 48.0 Å². The number of halogens is 5. The molecule has 2 aliphatic heterocycles. The number of aromatic nitrogens is 2. The van der Waals surface area contributed by atoms with E-state index in [1.165, 1.54) is 23.1 Å². The first-order valence-electron chi connectivity index (χ1n) is 15.0. The van der Waals surface area contributed by atoms with Crippen molar-refractivity contribution < 1.29 is 36.7 Å². The van der Waals surface area contributed by atoms with Crippen LogP contribution < -0.4 is 20.9 Å². The van der Waals surface area contributed by atoms with E-state index >= 15 is 4.39 Å². The molecule has 0 spiro atoms. The van der Waals surface area contributed by atoms with E-state index in [1.807, 2.05) is 4.90 Å². The lowest BCUT2D eigenvalue weighted by molar-refractivity contribution is -0.137. The van der Waals surface area contributed by atoms with Crippen molar-refractivity contribution in [3.63, 3.8) is 0 Å². The van der Waals surface area contributed by atoms with Crippen LogP contribution in [0.4, 0.5) is 34.6 Å². The van der Waals surface area contributed by atoms with Crippen LogP contribution in [0, 0.1) is 5.82 Å². The average Bonchev–Trinajstić information content (AvgIpc) is 3.49. The van der Waals surface area contributed by atoms with Crippen molar-refractivity contribution in [1.29, 1.82) is 0 Å². The van der Waals surface area contributed by atoms with Gasteiger partial charge in [0.25, 0.3) is 11.8 Å². The van der Waals surface area contributed by atoms with Crippen LogP contribution in [0.5, 0.6) is 0 Å². The molecule has 0 bridgehead atoms. The van der Waals surface area contributed by atoms with Crippen molar-refractivity contribution in [3.8, 4) is 0 Å². The molecule has 248 valence electrons. The highest BCUT2D eigenvalue weighted by atomic mass is 35.5. The van der Waals surface area contributed by atoms with Gasteiger partial charge in [-0.1, -0.05) is 11.6 Å². The Hall–Kier alpha value is -4.66. The molecule has 47 heavy (non-hydrogen) atoms. The largest absolute Gasteiger partial charge is 0.416 e. The molecule has 3 heterocycles. The smallest absolute Gasteiger partial charge is 0.374 e. The number of rotatable bonds is 7. The zero-order valence-electron chi connectivity index (χ0n) is 24.9. The summed E-state index contributed by atoms with van der Waals surface area (Å²) >= 11 is 6.04. The molecule has 3 aliphatic rings. The number of nitrogens with one attached hydrogen (secondary N) is 3. The first kappa shape index (κ1) is 32.3. The SMILES string of the molecule is O=C1CCC(Nc2ccc(N3CCN(C(=O)c4cnn(C5(C(=O)Nc6ccc(C(F)(F)F)cc6Cl)CCC5)c4)CC3)c(F)c2)C(=O)N1. The highest BCUT2D eigenvalue weighted by molar-refractivity contribution is 6.33. The minimum Gasteiger partial charge on any atom is -0.374 e. The third-order valence-electron chi connectivity index (χ3n) is 8.85. The fourth-order valence-electron chi connectivity index (χ4n) is 5.99. The number of nitrogens with zero attached hydrogens (tertiary/aromatic N) is 4. The van der Waals surface area contributed by atoms with Gasteiger partial charge in [0.1, 0.15) is 17.4 Å². The van der Waals surface area contributed by atoms with E-state index in [-0.39, 0.29) is 34.5 Å². The molecule has 6 rings (SSSR count). The van der Waals surface area contributed by atoms with Crippen LogP contribution in [0.2, 0.25) is 5.02 Å². The fourth-order valence-corrected chi connectivity index (χ4v) is 6.22. The zero-order chi connectivity index (χ0) is 33.5. The first-order chi connectivity index (χ1) is 22.3. The van der Waals surface area contributed by atoms with Gasteiger partial charge in [0.05, 0.1) is 33.7 Å². The van der Waals surface area contributed by atoms with E-state index < -0.39 is 41.0 Å². The number of piperazine rings is 1. The number of carbonyl (C=O) groups is 4. The van der Waals surface area contributed by atoms with Gasteiger partial charge < -0.3 is 20.4 Å². The molecule has 2 aromatic carbocycles. The molecule has 1 aliphatic carbocycles. The molecule has 1 atom stereocenters. The zero-order valence-corrected chi connectivity index (χ0v) is 25.6. The van der Waals surface area contributed by atoms with Crippen LogP contribution in [-0.4, -0.2) is 70.5 Å². The van der Waals surface area contributed by atoms with Gasteiger partial charge in [-0.2, -0.15) is 18.3 Å². The lowest BCUT2D eigenvalue weighted by atomic mass is 9.76. The molecule has 1 saturated carbocycles. The summed E-state index contributed by atoms with van der Waals surface area (Å²) < 4.78 is 55.6. The van der Waals surface area contributed by atoms with E-state index in [0.29, 0.717) is 63.2 Å². The Balaban J connectivity index is 1.06. The molecule has 3 aromatic rings. The molecule has 16 heteroatoms. The maximum Gasteiger partial charge on any atom is 0.416 e. The van der Waals surface area contributed by atoms with E-state index in [9.17, 15) is 32.3 Å². The molecule has 11 nitrogen and oxygen atoms in total. The molecular weight excluding hydrogens is 646 g/mol. The lowest BCUT2D eigenvalue weighted by Gasteiger charge is -2.40. The summed E-state index contributed by atoms with van der Waals surface area (Å²) in [5, 5.41) is 11.9. The Kier molecular flexibility index (Phi) is 8.59. The third-order valence-corrected chi connectivity index (χ3v) is 9.16. The minimum atomic E-state index is -4.58. The summed E-state index contributed by atoms with van der Waals surface area (Å²) in [4.78, 5) is 53.5. The van der Waals surface area contributed by atoms with Crippen LogP contribution in [-0.2, 0) is 26.1 Å². The van der Waals surface area contributed by atoms with Crippen molar-refractivity contribution in [2.75, 3.05) is 41.7 Å². The van der Waals surface area contributed by atoms with Crippen molar-refractivity contribution in [3.05, 3.63) is 70.8 Å². The molecule has 4 amide bonds. The second-order valence-electron chi connectivity index (χ2n) is 11.8. The normalized spacial score (nSPS) is 19.6. The summed E-state index contributed by atoms with van der Waals surface area (Å²) in [7, 11) is 0. The Morgan fingerprint density at radius 1 is 1.04 bits per heavy atom. The predicted octanol–water partition coefficient (Wildman–Crippen LogP) is 4.39. The summed E-state index contributed by atoms with van der Waals surface area (Å²) in [6.07, 6.45) is 0.351. The number of carbonyl (C=O) groups excluding carboxylic acids is 4. The van der Waals surface area contributed by atoms with E-state index in [2.05, 4.69) is 21.0 Å². The topological polar surface area (TPSA) is 129 Å². The maximum absolute atomic E-state index is 15.1. The van der Waals surface area contributed by atoms with Crippen LogP contribution >= 0.6 is 11.6 Å². The molecule has 3 fully saturated rings. The lowest BCUT2D eigenvalue weighted by Crippen LogP contribution is -2.51. The third kappa shape index (κ3) is 6.48. The van der Waals surface area contributed by atoms with Crippen molar-refractivity contribution in [2.45, 2.75) is 49.9 Å².